The van der Waals surface area contributed by atoms with Gasteiger partial charge in [-0.25, -0.2) is 14.6 Å². The number of nitrogens with zero attached hydrogens (tertiary/aromatic N) is 2. The zero-order chi connectivity index (χ0) is 31.5. The number of carbonyl (C=O) groups excluding carboxylic acids is 2. The first-order chi connectivity index (χ1) is 21.2. The second kappa shape index (κ2) is 13.4. The fraction of sp³-hybridized carbons (Fsp3) is 0.250. The van der Waals surface area contributed by atoms with Gasteiger partial charge in [-0.2, -0.15) is 0 Å². The number of halogens is 2. The molecule has 0 spiro atoms. The van der Waals surface area contributed by atoms with Crippen LogP contribution in [0.4, 0.5) is 0 Å². The number of thiazole rings is 1. The molecule has 0 saturated carbocycles. The number of hydrogen-bond acceptors (Lipinski definition) is 9. The van der Waals surface area contributed by atoms with E-state index in [-0.39, 0.29) is 22.8 Å². The Morgan fingerprint density at radius 3 is 2.61 bits per heavy atom. The summed E-state index contributed by atoms with van der Waals surface area (Å²) in [7, 11) is 2.82. The lowest BCUT2D eigenvalue weighted by atomic mass is 9.93. The maximum atomic E-state index is 14.1. The van der Waals surface area contributed by atoms with Crippen LogP contribution in [0.2, 0.25) is 5.02 Å². The number of esters is 2. The number of fused-ring (bicyclic) bond motifs is 1. The lowest BCUT2D eigenvalue weighted by Crippen LogP contribution is -2.40. The Balaban J connectivity index is 1.67. The fourth-order valence-corrected chi connectivity index (χ4v) is 6.57. The highest BCUT2D eigenvalue weighted by atomic mass is 79.9. The second-order valence-electron chi connectivity index (χ2n) is 9.69. The van der Waals surface area contributed by atoms with Crippen LogP contribution in [-0.4, -0.2) is 37.3 Å². The minimum Gasteiger partial charge on any atom is -0.496 e. The second-order valence-corrected chi connectivity index (χ2v) is 12.0. The van der Waals surface area contributed by atoms with E-state index < -0.39 is 18.0 Å². The first-order valence-corrected chi connectivity index (χ1v) is 15.7. The number of hydrogen-bond donors (Lipinski definition) is 0. The third-order valence-corrected chi connectivity index (χ3v) is 8.74. The summed E-state index contributed by atoms with van der Waals surface area (Å²) in [5, 5.41) is 0.259. The summed E-state index contributed by atoms with van der Waals surface area (Å²) in [4.78, 5) is 44.9. The molecule has 1 atom stereocenters. The third kappa shape index (κ3) is 6.04. The molecule has 44 heavy (non-hydrogen) atoms. The molecular weight excluding hydrogens is 672 g/mol. The highest BCUT2D eigenvalue weighted by Gasteiger charge is 2.36. The summed E-state index contributed by atoms with van der Waals surface area (Å²) >= 11 is 10.9. The Morgan fingerprint density at radius 1 is 1.11 bits per heavy atom. The van der Waals surface area contributed by atoms with Crippen molar-refractivity contribution in [3.8, 4) is 17.1 Å². The molecule has 0 radical (unpaired) electrons. The molecule has 0 aliphatic carbocycles. The lowest BCUT2D eigenvalue weighted by Gasteiger charge is -2.27. The van der Waals surface area contributed by atoms with E-state index in [0.717, 1.165) is 10.9 Å². The Morgan fingerprint density at radius 2 is 1.91 bits per heavy atom. The van der Waals surface area contributed by atoms with Crippen molar-refractivity contribution in [2.75, 3.05) is 20.8 Å². The number of ether oxygens (including phenoxy) is 3. The van der Waals surface area contributed by atoms with Crippen LogP contribution < -0.4 is 19.6 Å². The molecule has 12 heteroatoms. The quantitative estimate of drug-likeness (QED) is 0.196. The van der Waals surface area contributed by atoms with Crippen molar-refractivity contribution in [3.63, 3.8) is 0 Å². The van der Waals surface area contributed by atoms with Crippen LogP contribution in [0.15, 0.2) is 78.5 Å². The standard InChI is InChI=1S/C32H28BrClN2O7S/c1-5-7-23-27(31(39)42-6-2)28(21-15-18(33)9-12-25(21)40-3)36-29(37)26(44-32(36)35-23)16-19-10-13-24(43-19)17-8-11-22(34)20(14-17)30(38)41-4/h8-16,28H,5-7H2,1-4H3/b26-16+/t28-/m1/s1. The lowest BCUT2D eigenvalue weighted by molar-refractivity contribution is -0.139. The molecule has 0 saturated heterocycles. The van der Waals surface area contributed by atoms with E-state index in [2.05, 4.69) is 15.9 Å². The van der Waals surface area contributed by atoms with Crippen molar-refractivity contribution in [2.45, 2.75) is 32.7 Å². The van der Waals surface area contributed by atoms with Gasteiger partial charge in [-0.3, -0.25) is 9.36 Å². The summed E-state index contributed by atoms with van der Waals surface area (Å²) in [5.74, 6) is 0.293. The van der Waals surface area contributed by atoms with Crippen molar-refractivity contribution in [3.05, 3.63) is 106 Å². The smallest absolute Gasteiger partial charge is 0.339 e. The van der Waals surface area contributed by atoms with E-state index in [1.165, 1.54) is 23.0 Å². The van der Waals surface area contributed by atoms with Crippen LogP contribution in [0.5, 0.6) is 5.75 Å². The van der Waals surface area contributed by atoms with Crippen molar-refractivity contribution in [1.82, 2.24) is 4.57 Å². The van der Waals surface area contributed by atoms with Crippen molar-refractivity contribution in [2.24, 2.45) is 4.99 Å². The van der Waals surface area contributed by atoms with Gasteiger partial charge in [-0.1, -0.05) is 52.2 Å². The zero-order valence-electron chi connectivity index (χ0n) is 24.3. The molecular formula is C32H28BrClN2O7S. The van der Waals surface area contributed by atoms with Crippen molar-refractivity contribution in [1.29, 1.82) is 0 Å². The fourth-order valence-electron chi connectivity index (χ4n) is 4.99. The van der Waals surface area contributed by atoms with E-state index in [1.54, 1.807) is 56.5 Å². The number of methoxy groups -OCH3 is 2. The van der Waals surface area contributed by atoms with Crippen molar-refractivity contribution < 1.29 is 28.2 Å². The number of aromatic nitrogens is 1. The molecule has 2 aromatic carbocycles. The number of carbonyl (C=O) groups is 2. The maximum absolute atomic E-state index is 14.1. The summed E-state index contributed by atoms with van der Waals surface area (Å²) in [5.41, 5.74) is 1.95. The monoisotopic (exact) mass is 698 g/mol. The molecule has 4 aromatic rings. The molecule has 0 amide bonds. The van der Waals surface area contributed by atoms with Gasteiger partial charge in [0, 0.05) is 21.7 Å². The van der Waals surface area contributed by atoms with Gasteiger partial charge in [0.15, 0.2) is 4.80 Å². The van der Waals surface area contributed by atoms with Crippen molar-refractivity contribution >= 4 is 56.9 Å². The van der Waals surface area contributed by atoms with Crippen LogP contribution in [0, 0.1) is 0 Å². The van der Waals surface area contributed by atoms with E-state index >= 15 is 0 Å². The summed E-state index contributed by atoms with van der Waals surface area (Å²) in [6.07, 6.45) is 2.88. The third-order valence-electron chi connectivity index (χ3n) is 6.93. The topological polar surface area (TPSA) is 109 Å². The first-order valence-electron chi connectivity index (χ1n) is 13.7. The molecule has 1 aliphatic rings. The van der Waals surface area contributed by atoms with E-state index in [0.29, 0.717) is 55.4 Å². The number of furan rings is 1. The van der Waals surface area contributed by atoms with Gasteiger partial charge in [-0.05, 0) is 61.9 Å². The zero-order valence-corrected chi connectivity index (χ0v) is 27.5. The van der Waals surface area contributed by atoms with Gasteiger partial charge in [-0.15, -0.1) is 0 Å². The van der Waals surface area contributed by atoms with Crippen LogP contribution in [0.1, 0.15) is 54.4 Å². The first kappa shape index (κ1) is 31.5. The number of rotatable bonds is 9. The summed E-state index contributed by atoms with van der Waals surface area (Å²) < 4.78 is 24.6. The van der Waals surface area contributed by atoms with Crippen LogP contribution >= 0.6 is 38.9 Å². The minimum atomic E-state index is -0.834. The van der Waals surface area contributed by atoms with Gasteiger partial charge in [0.2, 0.25) is 0 Å². The summed E-state index contributed by atoms with van der Waals surface area (Å²) in [6.45, 7) is 3.91. The molecule has 9 nitrogen and oxygen atoms in total. The van der Waals surface area contributed by atoms with E-state index in [4.69, 9.17) is 35.2 Å². The van der Waals surface area contributed by atoms with Gasteiger partial charge in [0.05, 0.1) is 47.2 Å². The molecule has 0 unspecified atom stereocenters. The normalized spacial score (nSPS) is 14.7. The molecule has 3 heterocycles. The number of benzene rings is 2. The molecule has 0 bridgehead atoms. The van der Waals surface area contributed by atoms with E-state index in [1.807, 2.05) is 19.1 Å². The van der Waals surface area contributed by atoms with Gasteiger partial charge >= 0.3 is 11.9 Å². The predicted molar refractivity (Wildman–Crippen MR) is 171 cm³/mol. The molecule has 0 fully saturated rings. The van der Waals surface area contributed by atoms with Crippen LogP contribution in [0.25, 0.3) is 17.4 Å². The highest BCUT2D eigenvalue weighted by Crippen LogP contribution is 2.38. The Bertz CT molecular complexity index is 1970. The van der Waals surface area contributed by atoms with E-state index in [9.17, 15) is 14.4 Å². The number of allylic oxidation sites excluding steroid dienone is 1. The maximum Gasteiger partial charge on any atom is 0.339 e. The molecule has 5 rings (SSSR count). The Labute approximate surface area is 270 Å². The molecule has 0 N–H and O–H groups in total. The summed E-state index contributed by atoms with van der Waals surface area (Å²) in [6, 6.07) is 13.0. The largest absolute Gasteiger partial charge is 0.496 e. The van der Waals surface area contributed by atoms with Crippen LogP contribution in [0.3, 0.4) is 0 Å². The Kier molecular flexibility index (Phi) is 9.57. The van der Waals surface area contributed by atoms with Crippen LogP contribution in [-0.2, 0) is 14.3 Å². The molecule has 2 aromatic heterocycles. The predicted octanol–water partition coefficient (Wildman–Crippen LogP) is 6.05. The van der Waals surface area contributed by atoms with Gasteiger partial charge in [0.1, 0.15) is 23.3 Å². The molecule has 1 aliphatic heterocycles. The SMILES string of the molecule is CCCC1=C(C(=O)OCC)[C@@H](c2cc(Br)ccc2OC)n2c(s/c(=C/c3ccc(-c4ccc(Cl)c(C(=O)OC)c4)o3)c2=O)=N1. The van der Waals surface area contributed by atoms with Gasteiger partial charge in [0.25, 0.3) is 5.56 Å². The molecule has 228 valence electrons. The minimum absolute atomic E-state index is 0.171. The average Bonchev–Trinajstić information content (AvgIpc) is 3.60. The van der Waals surface area contributed by atoms with Gasteiger partial charge < -0.3 is 18.6 Å². The Hall–Kier alpha value is -3.93. The highest BCUT2D eigenvalue weighted by molar-refractivity contribution is 9.10. The average molecular weight is 700 g/mol.